The van der Waals surface area contributed by atoms with Crippen LogP contribution in [0.4, 0.5) is 10.1 Å². The maximum Gasteiger partial charge on any atom is 0.279 e. The molecule has 0 spiro atoms. The number of benzene rings is 1. The second-order valence-corrected chi connectivity index (χ2v) is 10.7. The Labute approximate surface area is 153 Å². The summed E-state index contributed by atoms with van der Waals surface area (Å²) >= 11 is 0. The maximum atomic E-state index is 14.5. The highest BCUT2D eigenvalue weighted by Gasteiger charge is 2.36. The van der Waals surface area contributed by atoms with Gasteiger partial charge in [0.15, 0.2) is 0 Å². The van der Waals surface area contributed by atoms with Crippen molar-refractivity contribution in [3.05, 3.63) is 34.4 Å². The molecule has 2 rings (SSSR count). The van der Waals surface area contributed by atoms with Crippen molar-refractivity contribution in [2.75, 3.05) is 6.61 Å². The van der Waals surface area contributed by atoms with Crippen LogP contribution in [0.5, 0.6) is 11.6 Å². The van der Waals surface area contributed by atoms with Gasteiger partial charge in [-0.25, -0.2) is 9.37 Å². The number of rotatable bonds is 9. The van der Waals surface area contributed by atoms with E-state index in [1.807, 2.05) is 13.8 Å². The Morgan fingerprint density at radius 3 is 2.58 bits per heavy atom. The van der Waals surface area contributed by atoms with Gasteiger partial charge in [-0.2, -0.15) is 0 Å². The molecule has 26 heavy (non-hydrogen) atoms. The van der Waals surface area contributed by atoms with Gasteiger partial charge in [-0.15, -0.1) is 0 Å². The van der Waals surface area contributed by atoms with Gasteiger partial charge in [0.05, 0.1) is 16.9 Å². The third-order valence-electron chi connectivity index (χ3n) is 4.09. The van der Waals surface area contributed by atoms with Crippen molar-refractivity contribution < 1.29 is 18.5 Å². The van der Waals surface area contributed by atoms with Gasteiger partial charge in [0.25, 0.3) is 14.0 Å². The molecule has 0 aliphatic heterocycles. The zero-order valence-electron chi connectivity index (χ0n) is 15.6. The van der Waals surface area contributed by atoms with Crippen LogP contribution in [0, 0.1) is 10.1 Å². The molecule has 0 fully saturated rings. The van der Waals surface area contributed by atoms with Crippen molar-refractivity contribution in [3.8, 4) is 11.6 Å². The Morgan fingerprint density at radius 2 is 1.96 bits per heavy atom. The number of pyridine rings is 1. The minimum absolute atomic E-state index is 0.0632. The van der Waals surface area contributed by atoms with Gasteiger partial charge in [0, 0.05) is 12.1 Å². The summed E-state index contributed by atoms with van der Waals surface area (Å²) in [6, 6.07) is 6.09. The fourth-order valence-electron chi connectivity index (χ4n) is 2.64. The van der Waals surface area contributed by atoms with Crippen LogP contribution >= 0.6 is 0 Å². The molecule has 0 aliphatic rings. The standard InChI is InChI=1S/C18H25FN2O4Si/c1-5-7-16(19)26(3,4)25-15-10-9-14(21(22)23)13-8-11-17(20-18(13)15)24-12-6-2/h8-11,16H,5-7,12H2,1-4H3. The molecule has 1 atom stereocenters. The van der Waals surface area contributed by atoms with Gasteiger partial charge in [-0.1, -0.05) is 20.3 Å². The number of ether oxygens (including phenoxy) is 1. The summed E-state index contributed by atoms with van der Waals surface area (Å²) in [7, 11) is -2.69. The third-order valence-corrected chi connectivity index (χ3v) is 6.64. The topological polar surface area (TPSA) is 74.5 Å². The van der Waals surface area contributed by atoms with E-state index in [-0.39, 0.29) is 5.69 Å². The normalized spacial score (nSPS) is 12.8. The van der Waals surface area contributed by atoms with E-state index in [9.17, 15) is 14.5 Å². The zero-order chi connectivity index (χ0) is 19.3. The van der Waals surface area contributed by atoms with Crippen molar-refractivity contribution in [2.24, 2.45) is 0 Å². The Balaban J connectivity index is 2.50. The SMILES string of the molecule is CCCOc1ccc2c([N+](=O)[O-])ccc(O[Si](C)(C)C(F)CCC)c2n1. The maximum absolute atomic E-state index is 14.5. The summed E-state index contributed by atoms with van der Waals surface area (Å²) in [6.07, 6.45) is 1.98. The van der Waals surface area contributed by atoms with Crippen LogP contribution in [0.3, 0.4) is 0 Å². The van der Waals surface area contributed by atoms with Crippen LogP contribution in [0.2, 0.25) is 13.1 Å². The predicted molar refractivity (Wildman–Crippen MR) is 102 cm³/mol. The number of hydrogen-bond acceptors (Lipinski definition) is 5. The Bertz CT molecular complexity index is 785. The molecular weight excluding hydrogens is 355 g/mol. The van der Waals surface area contributed by atoms with E-state index in [0.29, 0.717) is 35.6 Å². The van der Waals surface area contributed by atoms with Crippen LogP contribution in [0.1, 0.15) is 33.1 Å². The quantitative estimate of drug-likeness (QED) is 0.340. The van der Waals surface area contributed by atoms with Gasteiger partial charge < -0.3 is 9.16 Å². The summed E-state index contributed by atoms with van der Waals surface area (Å²) < 4.78 is 26.1. The molecule has 2 aromatic rings. The average molecular weight is 380 g/mol. The summed E-state index contributed by atoms with van der Waals surface area (Å²) in [5.74, 6) is -0.297. The van der Waals surface area contributed by atoms with E-state index in [1.165, 1.54) is 12.1 Å². The number of nitro groups is 1. The van der Waals surface area contributed by atoms with Crippen molar-refractivity contribution in [3.63, 3.8) is 0 Å². The molecule has 0 saturated heterocycles. The first kappa shape index (κ1) is 20.1. The van der Waals surface area contributed by atoms with E-state index in [1.54, 1.807) is 25.2 Å². The number of nitrogens with zero attached hydrogens (tertiary/aromatic N) is 2. The molecule has 1 aromatic carbocycles. The largest absolute Gasteiger partial charge is 0.540 e. The van der Waals surface area contributed by atoms with Crippen LogP contribution in [-0.4, -0.2) is 30.6 Å². The Morgan fingerprint density at radius 1 is 1.23 bits per heavy atom. The molecule has 0 N–H and O–H groups in total. The fourth-order valence-corrected chi connectivity index (χ4v) is 4.48. The smallest absolute Gasteiger partial charge is 0.279 e. The lowest BCUT2D eigenvalue weighted by Gasteiger charge is -2.27. The minimum atomic E-state index is -2.69. The molecule has 0 bridgehead atoms. The Kier molecular flexibility index (Phi) is 6.52. The number of aromatic nitrogens is 1. The number of non-ortho nitro benzene ring substituents is 1. The van der Waals surface area contributed by atoms with Gasteiger partial charge in [0.2, 0.25) is 5.88 Å². The van der Waals surface area contributed by atoms with Gasteiger partial charge in [0.1, 0.15) is 17.1 Å². The molecule has 0 amide bonds. The number of fused-ring (bicyclic) bond motifs is 1. The summed E-state index contributed by atoms with van der Waals surface area (Å²) in [5.41, 5.74) is 0.267. The van der Waals surface area contributed by atoms with Crippen molar-refractivity contribution in [2.45, 2.75) is 52.0 Å². The minimum Gasteiger partial charge on any atom is -0.540 e. The summed E-state index contributed by atoms with van der Waals surface area (Å²) in [5, 5.41) is 11.7. The average Bonchev–Trinajstić information content (AvgIpc) is 2.59. The number of alkyl halides is 1. The lowest BCUT2D eigenvalue weighted by atomic mass is 10.1. The Hall–Kier alpha value is -2.22. The molecule has 8 heteroatoms. The second kappa shape index (κ2) is 8.44. The molecule has 0 saturated carbocycles. The van der Waals surface area contributed by atoms with Crippen molar-refractivity contribution in [1.29, 1.82) is 0 Å². The first-order valence-corrected chi connectivity index (χ1v) is 11.8. The van der Waals surface area contributed by atoms with Crippen LogP contribution in [0.25, 0.3) is 10.9 Å². The highest BCUT2D eigenvalue weighted by molar-refractivity contribution is 6.73. The molecule has 142 valence electrons. The van der Waals surface area contributed by atoms with E-state index in [2.05, 4.69) is 4.98 Å². The third kappa shape index (κ3) is 4.49. The molecule has 1 unspecified atom stereocenters. The summed E-state index contributed by atoms with van der Waals surface area (Å²) in [4.78, 5) is 15.2. The zero-order valence-corrected chi connectivity index (χ0v) is 16.6. The molecule has 0 aliphatic carbocycles. The van der Waals surface area contributed by atoms with Crippen molar-refractivity contribution >= 4 is 24.9 Å². The number of hydrogen-bond donors (Lipinski definition) is 0. The van der Waals surface area contributed by atoms with Crippen molar-refractivity contribution in [1.82, 2.24) is 4.98 Å². The highest BCUT2D eigenvalue weighted by Crippen LogP contribution is 2.35. The van der Waals surface area contributed by atoms with E-state index >= 15 is 0 Å². The fraction of sp³-hybridized carbons (Fsp3) is 0.500. The molecule has 0 radical (unpaired) electrons. The lowest BCUT2D eigenvalue weighted by molar-refractivity contribution is -0.383. The summed E-state index contributed by atoms with van der Waals surface area (Å²) in [6.45, 7) is 8.00. The molecule has 1 heterocycles. The second-order valence-electron chi connectivity index (χ2n) is 6.70. The first-order valence-electron chi connectivity index (χ1n) is 8.84. The molecule has 1 aromatic heterocycles. The van der Waals surface area contributed by atoms with E-state index in [0.717, 1.165) is 12.8 Å². The monoisotopic (exact) mass is 380 g/mol. The highest BCUT2D eigenvalue weighted by atomic mass is 28.4. The van der Waals surface area contributed by atoms with E-state index < -0.39 is 19.0 Å². The number of nitro benzene ring substituents is 1. The molecular formula is C18H25FN2O4Si. The van der Waals surface area contributed by atoms with Crippen LogP contribution < -0.4 is 9.16 Å². The van der Waals surface area contributed by atoms with E-state index in [4.69, 9.17) is 9.16 Å². The first-order chi connectivity index (χ1) is 12.3. The lowest BCUT2D eigenvalue weighted by Crippen LogP contribution is -2.45. The van der Waals surface area contributed by atoms with Gasteiger partial charge in [-0.05, 0) is 38.1 Å². The van der Waals surface area contributed by atoms with Crippen LogP contribution in [-0.2, 0) is 0 Å². The predicted octanol–water partition coefficient (Wildman–Crippen LogP) is 5.19. The van der Waals surface area contributed by atoms with Gasteiger partial charge in [-0.3, -0.25) is 10.1 Å². The van der Waals surface area contributed by atoms with Crippen LogP contribution in [0.15, 0.2) is 24.3 Å². The van der Waals surface area contributed by atoms with Gasteiger partial charge >= 0.3 is 0 Å². The number of halogens is 1. The molecule has 6 nitrogen and oxygen atoms in total.